The van der Waals surface area contributed by atoms with Gasteiger partial charge in [-0.15, -0.1) is 0 Å². The van der Waals surface area contributed by atoms with Crippen LogP contribution in [0.3, 0.4) is 0 Å². The lowest BCUT2D eigenvalue weighted by atomic mass is 10.1. The topological polar surface area (TPSA) is 47.9 Å². The fourth-order valence-electron chi connectivity index (χ4n) is 1.46. The molecule has 0 aliphatic heterocycles. The van der Waals surface area contributed by atoms with E-state index in [2.05, 4.69) is 15.0 Å². The van der Waals surface area contributed by atoms with Crippen LogP contribution in [0.4, 0.5) is 8.78 Å². The number of ether oxygens (including phenoxy) is 1. The number of benzene rings is 1. The van der Waals surface area contributed by atoms with Crippen molar-refractivity contribution in [3.8, 4) is 17.4 Å². The van der Waals surface area contributed by atoms with Crippen molar-refractivity contribution in [3.63, 3.8) is 0 Å². The third-order valence-electron chi connectivity index (χ3n) is 2.38. The van der Waals surface area contributed by atoms with Crippen LogP contribution >= 0.6 is 11.6 Å². The van der Waals surface area contributed by atoms with Crippen LogP contribution in [0.2, 0.25) is 5.28 Å². The third-order valence-corrected chi connectivity index (χ3v) is 2.55. The lowest BCUT2D eigenvalue weighted by Crippen LogP contribution is -2.03. The zero-order valence-electron chi connectivity index (χ0n) is 10.2. The summed E-state index contributed by atoms with van der Waals surface area (Å²) in [6, 6.07) is 2.79. The molecule has 0 radical (unpaired) electrons. The van der Waals surface area contributed by atoms with E-state index in [4.69, 9.17) is 16.3 Å². The number of rotatable bonds is 3. The molecular formula is C12H10ClF2N3O. The standard InChI is InChI=1S/C12H10ClF2N3O/c1-3-19-12-17-10(16-11(13)18-12)7-5-4-6(2)8(14)9(7)15/h4-5H,3H2,1-2H3. The van der Waals surface area contributed by atoms with E-state index in [0.29, 0.717) is 6.61 Å². The van der Waals surface area contributed by atoms with E-state index in [9.17, 15) is 8.78 Å². The van der Waals surface area contributed by atoms with Crippen LogP contribution in [-0.2, 0) is 0 Å². The van der Waals surface area contributed by atoms with Gasteiger partial charge in [0.05, 0.1) is 12.2 Å². The van der Waals surface area contributed by atoms with E-state index in [1.54, 1.807) is 6.92 Å². The number of hydrogen-bond donors (Lipinski definition) is 0. The van der Waals surface area contributed by atoms with Crippen molar-refractivity contribution in [1.29, 1.82) is 0 Å². The number of aryl methyl sites for hydroxylation is 1. The highest BCUT2D eigenvalue weighted by Gasteiger charge is 2.16. The van der Waals surface area contributed by atoms with Crippen LogP contribution in [0.15, 0.2) is 12.1 Å². The largest absolute Gasteiger partial charge is 0.464 e. The Bertz CT molecular complexity index is 622. The average molecular weight is 286 g/mol. The van der Waals surface area contributed by atoms with Crippen LogP contribution in [0.5, 0.6) is 6.01 Å². The molecule has 1 heterocycles. The Morgan fingerprint density at radius 2 is 1.89 bits per heavy atom. The van der Waals surface area contributed by atoms with E-state index in [1.807, 2.05) is 0 Å². The van der Waals surface area contributed by atoms with Crippen molar-refractivity contribution in [2.75, 3.05) is 6.61 Å². The molecule has 0 N–H and O–H groups in total. The summed E-state index contributed by atoms with van der Waals surface area (Å²) in [5, 5.41) is -0.145. The predicted octanol–water partition coefficient (Wildman–Crippen LogP) is 3.18. The highest BCUT2D eigenvalue weighted by molar-refractivity contribution is 6.28. The second kappa shape index (κ2) is 5.44. The Balaban J connectivity index is 2.55. The number of aromatic nitrogens is 3. The molecule has 7 heteroatoms. The minimum absolute atomic E-state index is 0.0297. The Hall–Kier alpha value is -1.82. The van der Waals surface area contributed by atoms with E-state index in [0.717, 1.165) is 0 Å². The molecule has 0 saturated heterocycles. The quantitative estimate of drug-likeness (QED) is 0.869. The van der Waals surface area contributed by atoms with Gasteiger partial charge in [-0.25, -0.2) is 8.78 Å². The molecule has 19 heavy (non-hydrogen) atoms. The van der Waals surface area contributed by atoms with Crippen LogP contribution < -0.4 is 4.74 Å². The first-order valence-electron chi connectivity index (χ1n) is 5.52. The van der Waals surface area contributed by atoms with Gasteiger partial charge < -0.3 is 4.74 Å². The zero-order valence-corrected chi connectivity index (χ0v) is 11.0. The van der Waals surface area contributed by atoms with Gasteiger partial charge in [-0.1, -0.05) is 6.07 Å². The van der Waals surface area contributed by atoms with E-state index in [-0.39, 0.29) is 28.2 Å². The average Bonchev–Trinajstić information content (AvgIpc) is 2.36. The van der Waals surface area contributed by atoms with Crippen molar-refractivity contribution in [1.82, 2.24) is 15.0 Å². The normalized spacial score (nSPS) is 10.6. The summed E-state index contributed by atoms with van der Waals surface area (Å²) < 4.78 is 32.4. The van der Waals surface area contributed by atoms with Crippen molar-refractivity contribution in [3.05, 3.63) is 34.6 Å². The van der Waals surface area contributed by atoms with Crippen LogP contribution in [0.1, 0.15) is 12.5 Å². The van der Waals surface area contributed by atoms with Gasteiger partial charge in [-0.2, -0.15) is 15.0 Å². The summed E-state index contributed by atoms with van der Waals surface area (Å²) in [6.45, 7) is 3.53. The molecule has 0 spiro atoms. The van der Waals surface area contributed by atoms with Gasteiger partial charge in [0, 0.05) is 0 Å². The lowest BCUT2D eigenvalue weighted by Gasteiger charge is -2.07. The Morgan fingerprint density at radius 1 is 1.16 bits per heavy atom. The summed E-state index contributed by atoms with van der Waals surface area (Å²) >= 11 is 5.70. The summed E-state index contributed by atoms with van der Waals surface area (Å²) in [7, 11) is 0. The summed E-state index contributed by atoms with van der Waals surface area (Å²) in [4.78, 5) is 11.4. The highest BCUT2D eigenvalue weighted by Crippen LogP contribution is 2.25. The maximum atomic E-state index is 13.8. The molecule has 0 bridgehead atoms. The molecule has 0 aliphatic rings. The van der Waals surface area contributed by atoms with Gasteiger partial charge in [0.1, 0.15) is 0 Å². The highest BCUT2D eigenvalue weighted by atomic mass is 35.5. The first-order valence-corrected chi connectivity index (χ1v) is 5.90. The minimum atomic E-state index is -1.02. The van der Waals surface area contributed by atoms with Crippen molar-refractivity contribution >= 4 is 11.6 Å². The zero-order chi connectivity index (χ0) is 14.0. The fraction of sp³-hybridized carbons (Fsp3) is 0.250. The SMILES string of the molecule is CCOc1nc(Cl)nc(-c2ccc(C)c(F)c2F)n1. The molecule has 100 valence electrons. The van der Waals surface area contributed by atoms with E-state index < -0.39 is 11.6 Å². The molecule has 0 aliphatic carbocycles. The van der Waals surface area contributed by atoms with Crippen LogP contribution in [-0.4, -0.2) is 21.6 Å². The number of nitrogens with zero attached hydrogens (tertiary/aromatic N) is 3. The van der Waals surface area contributed by atoms with Crippen molar-refractivity contribution in [2.24, 2.45) is 0 Å². The summed E-state index contributed by atoms with van der Waals surface area (Å²) in [5.41, 5.74) is 0.111. The Labute approximate surface area is 113 Å². The van der Waals surface area contributed by atoms with Gasteiger partial charge >= 0.3 is 6.01 Å². The molecule has 0 amide bonds. The summed E-state index contributed by atoms with van der Waals surface area (Å²) in [6.07, 6.45) is 0. The first-order chi connectivity index (χ1) is 9.02. The third kappa shape index (κ3) is 2.78. The number of halogens is 3. The van der Waals surface area contributed by atoms with Gasteiger partial charge in [0.15, 0.2) is 17.5 Å². The monoisotopic (exact) mass is 285 g/mol. The molecule has 0 fully saturated rings. The lowest BCUT2D eigenvalue weighted by molar-refractivity contribution is 0.312. The van der Waals surface area contributed by atoms with Crippen molar-refractivity contribution < 1.29 is 13.5 Å². The molecule has 1 aromatic heterocycles. The second-order valence-corrected chi connectivity index (χ2v) is 4.04. The fourth-order valence-corrected chi connectivity index (χ4v) is 1.62. The molecule has 0 saturated carbocycles. The maximum absolute atomic E-state index is 13.8. The molecule has 0 unspecified atom stereocenters. The van der Waals surface area contributed by atoms with Crippen LogP contribution in [0.25, 0.3) is 11.4 Å². The molecule has 4 nitrogen and oxygen atoms in total. The summed E-state index contributed by atoms with van der Waals surface area (Å²) in [5.74, 6) is -2.03. The van der Waals surface area contributed by atoms with Gasteiger partial charge in [0.25, 0.3) is 0 Å². The predicted molar refractivity (Wildman–Crippen MR) is 66.1 cm³/mol. The van der Waals surface area contributed by atoms with Gasteiger partial charge in [-0.3, -0.25) is 0 Å². The minimum Gasteiger partial charge on any atom is -0.464 e. The van der Waals surface area contributed by atoms with Gasteiger partial charge in [-0.05, 0) is 37.1 Å². The Morgan fingerprint density at radius 3 is 2.58 bits per heavy atom. The smallest absolute Gasteiger partial charge is 0.321 e. The molecule has 2 rings (SSSR count). The first kappa shape index (κ1) is 13.6. The Kier molecular flexibility index (Phi) is 3.90. The number of hydrogen-bond acceptors (Lipinski definition) is 4. The molecule has 2 aromatic rings. The van der Waals surface area contributed by atoms with E-state index >= 15 is 0 Å². The van der Waals surface area contributed by atoms with E-state index in [1.165, 1.54) is 19.1 Å². The molecular weight excluding hydrogens is 276 g/mol. The molecule has 1 aromatic carbocycles. The maximum Gasteiger partial charge on any atom is 0.321 e. The second-order valence-electron chi connectivity index (χ2n) is 3.70. The van der Waals surface area contributed by atoms with Crippen molar-refractivity contribution in [2.45, 2.75) is 13.8 Å². The van der Waals surface area contributed by atoms with Crippen LogP contribution in [0, 0.1) is 18.6 Å². The van der Waals surface area contributed by atoms with Gasteiger partial charge in [0.2, 0.25) is 5.28 Å². The molecule has 0 atom stereocenters.